The number of hydrogen-bond donors (Lipinski definition) is 2. The first-order valence-corrected chi connectivity index (χ1v) is 8.97. The van der Waals surface area contributed by atoms with Crippen LogP contribution in [0.1, 0.15) is 20.7 Å². The van der Waals surface area contributed by atoms with Crippen LogP contribution >= 0.6 is 15.9 Å². The van der Waals surface area contributed by atoms with E-state index in [0.29, 0.717) is 5.56 Å². The average Bonchev–Trinajstić information content (AvgIpc) is 2.68. The van der Waals surface area contributed by atoms with Crippen LogP contribution in [-0.4, -0.2) is 22.2 Å². The summed E-state index contributed by atoms with van der Waals surface area (Å²) in [6, 6.07) is 19.8. The molecular formula is C22H13BrO4. The zero-order chi connectivity index (χ0) is 19.1. The van der Waals surface area contributed by atoms with Crippen LogP contribution in [0, 0.1) is 0 Å². The molecule has 0 aliphatic rings. The number of hydrogen-bond acceptors (Lipinski definition) is 2. The van der Waals surface area contributed by atoms with Gasteiger partial charge in [-0.1, -0.05) is 48.5 Å². The van der Waals surface area contributed by atoms with Crippen LogP contribution in [0.15, 0.2) is 71.2 Å². The van der Waals surface area contributed by atoms with Gasteiger partial charge in [-0.3, -0.25) is 0 Å². The van der Waals surface area contributed by atoms with Gasteiger partial charge in [-0.25, -0.2) is 9.59 Å². The molecule has 0 aliphatic carbocycles. The normalized spacial score (nSPS) is 11.0. The highest BCUT2D eigenvalue weighted by atomic mass is 79.9. The fourth-order valence-corrected chi connectivity index (χ4v) is 4.10. The maximum atomic E-state index is 11.5. The van der Waals surface area contributed by atoms with E-state index in [2.05, 4.69) is 15.9 Å². The first kappa shape index (κ1) is 17.2. The SMILES string of the molecule is O=C(O)c1cc(C(=O)O)cc(-c2c3ccccc3c(Br)c3ccccc23)c1. The highest BCUT2D eigenvalue weighted by Gasteiger charge is 2.17. The molecule has 0 saturated heterocycles. The van der Waals surface area contributed by atoms with Gasteiger partial charge < -0.3 is 10.2 Å². The van der Waals surface area contributed by atoms with Gasteiger partial charge in [-0.15, -0.1) is 0 Å². The Morgan fingerprint density at radius 1 is 0.667 bits per heavy atom. The van der Waals surface area contributed by atoms with Crippen molar-refractivity contribution in [2.24, 2.45) is 0 Å². The molecular weight excluding hydrogens is 408 g/mol. The molecule has 0 bridgehead atoms. The Bertz CT molecular complexity index is 1150. The molecule has 0 spiro atoms. The van der Waals surface area contributed by atoms with E-state index < -0.39 is 11.9 Å². The lowest BCUT2D eigenvalue weighted by atomic mass is 9.90. The Balaban J connectivity index is 2.20. The van der Waals surface area contributed by atoms with Gasteiger partial charge in [0.1, 0.15) is 0 Å². The van der Waals surface area contributed by atoms with E-state index in [-0.39, 0.29) is 11.1 Å². The second-order valence-corrected chi connectivity index (χ2v) is 6.98. The molecule has 2 N–H and O–H groups in total. The fraction of sp³-hybridized carbons (Fsp3) is 0. The van der Waals surface area contributed by atoms with Crippen LogP contribution in [-0.2, 0) is 0 Å². The molecule has 0 atom stereocenters. The highest BCUT2D eigenvalue weighted by molar-refractivity contribution is 9.10. The molecule has 132 valence electrons. The van der Waals surface area contributed by atoms with Crippen molar-refractivity contribution in [3.63, 3.8) is 0 Å². The first-order valence-electron chi connectivity index (χ1n) is 8.18. The zero-order valence-electron chi connectivity index (χ0n) is 13.9. The number of carboxylic acid groups (broad SMARTS) is 2. The van der Waals surface area contributed by atoms with Crippen LogP contribution < -0.4 is 0 Å². The standard InChI is InChI=1S/C22H13BrO4/c23-20-17-7-3-1-5-15(17)19(16-6-2-4-8-18(16)20)12-9-13(21(24)25)11-14(10-12)22(26)27/h1-11H,(H,24,25)(H,26,27). The van der Waals surface area contributed by atoms with E-state index in [1.165, 1.54) is 18.2 Å². The van der Waals surface area contributed by atoms with Gasteiger partial charge in [0.05, 0.1) is 11.1 Å². The Morgan fingerprint density at radius 3 is 1.48 bits per heavy atom. The lowest BCUT2D eigenvalue weighted by Gasteiger charge is -2.15. The quantitative estimate of drug-likeness (QED) is 0.409. The molecule has 0 amide bonds. The molecule has 0 unspecified atom stereocenters. The summed E-state index contributed by atoms with van der Waals surface area (Å²) >= 11 is 3.68. The van der Waals surface area contributed by atoms with E-state index in [4.69, 9.17) is 0 Å². The van der Waals surface area contributed by atoms with Crippen LogP contribution in [0.25, 0.3) is 32.7 Å². The molecule has 5 heteroatoms. The topological polar surface area (TPSA) is 74.6 Å². The second kappa shape index (κ2) is 6.52. The highest BCUT2D eigenvalue weighted by Crippen LogP contribution is 2.41. The summed E-state index contributed by atoms with van der Waals surface area (Å²) < 4.78 is 0.949. The van der Waals surface area contributed by atoms with Gasteiger partial charge in [0.2, 0.25) is 0 Å². The summed E-state index contributed by atoms with van der Waals surface area (Å²) in [4.78, 5) is 23.1. The zero-order valence-corrected chi connectivity index (χ0v) is 15.5. The molecule has 4 rings (SSSR count). The molecule has 27 heavy (non-hydrogen) atoms. The molecule has 4 aromatic rings. The Hall–Kier alpha value is -3.18. The summed E-state index contributed by atoms with van der Waals surface area (Å²) in [5, 5.41) is 22.7. The van der Waals surface area contributed by atoms with E-state index in [0.717, 1.165) is 31.6 Å². The predicted octanol–water partition coefficient (Wildman–Crippen LogP) is 5.82. The first-order chi connectivity index (χ1) is 13.0. The fourth-order valence-electron chi connectivity index (χ4n) is 3.41. The summed E-state index contributed by atoms with van der Waals surface area (Å²) in [5.41, 5.74) is 1.27. The molecule has 0 fully saturated rings. The van der Waals surface area contributed by atoms with E-state index in [9.17, 15) is 19.8 Å². The maximum Gasteiger partial charge on any atom is 0.335 e. The van der Waals surface area contributed by atoms with E-state index >= 15 is 0 Å². The van der Waals surface area contributed by atoms with Gasteiger partial charge in [0.25, 0.3) is 0 Å². The van der Waals surface area contributed by atoms with Crippen molar-refractivity contribution in [2.75, 3.05) is 0 Å². The van der Waals surface area contributed by atoms with Crippen molar-refractivity contribution in [1.82, 2.24) is 0 Å². The molecule has 4 aromatic carbocycles. The average molecular weight is 421 g/mol. The summed E-state index contributed by atoms with van der Waals surface area (Å²) in [5.74, 6) is -2.32. The van der Waals surface area contributed by atoms with Gasteiger partial charge >= 0.3 is 11.9 Å². The number of rotatable bonds is 3. The van der Waals surface area contributed by atoms with E-state index in [1.54, 1.807) is 0 Å². The van der Waals surface area contributed by atoms with Crippen molar-refractivity contribution in [2.45, 2.75) is 0 Å². The van der Waals surface area contributed by atoms with Crippen molar-refractivity contribution in [3.8, 4) is 11.1 Å². The lowest BCUT2D eigenvalue weighted by molar-refractivity contribution is 0.0696. The Morgan fingerprint density at radius 2 is 1.07 bits per heavy atom. The van der Waals surface area contributed by atoms with Crippen LogP contribution in [0.2, 0.25) is 0 Å². The summed E-state index contributed by atoms with van der Waals surface area (Å²) in [7, 11) is 0. The van der Waals surface area contributed by atoms with Crippen LogP contribution in [0.3, 0.4) is 0 Å². The third-order valence-electron chi connectivity index (χ3n) is 4.58. The van der Waals surface area contributed by atoms with Crippen molar-refractivity contribution in [1.29, 1.82) is 0 Å². The van der Waals surface area contributed by atoms with Crippen molar-refractivity contribution >= 4 is 49.4 Å². The van der Waals surface area contributed by atoms with Crippen molar-refractivity contribution < 1.29 is 19.8 Å². The number of halogens is 1. The van der Waals surface area contributed by atoms with Gasteiger partial charge in [-0.05, 0) is 66.8 Å². The van der Waals surface area contributed by atoms with Gasteiger partial charge in [-0.2, -0.15) is 0 Å². The number of benzene rings is 4. The minimum Gasteiger partial charge on any atom is -0.478 e. The Kier molecular flexibility index (Phi) is 4.16. The largest absolute Gasteiger partial charge is 0.478 e. The molecule has 0 saturated carbocycles. The molecule has 0 aromatic heterocycles. The molecule has 4 nitrogen and oxygen atoms in total. The Labute approximate surface area is 162 Å². The molecule has 0 heterocycles. The lowest BCUT2D eigenvalue weighted by Crippen LogP contribution is -2.03. The maximum absolute atomic E-state index is 11.5. The number of aromatic carboxylic acids is 2. The van der Waals surface area contributed by atoms with Gasteiger partial charge in [0.15, 0.2) is 0 Å². The summed E-state index contributed by atoms with van der Waals surface area (Å²) in [6.45, 7) is 0. The van der Waals surface area contributed by atoms with Gasteiger partial charge in [0, 0.05) is 4.47 Å². The minimum absolute atomic E-state index is 0.0546. The number of carboxylic acids is 2. The van der Waals surface area contributed by atoms with Crippen molar-refractivity contribution in [3.05, 3.63) is 82.3 Å². The van der Waals surface area contributed by atoms with E-state index in [1.807, 2.05) is 48.5 Å². The summed E-state index contributed by atoms with van der Waals surface area (Å²) in [6.07, 6.45) is 0. The third-order valence-corrected chi connectivity index (χ3v) is 5.44. The molecule has 0 radical (unpaired) electrons. The molecule has 0 aliphatic heterocycles. The number of fused-ring (bicyclic) bond motifs is 2. The minimum atomic E-state index is -1.16. The second-order valence-electron chi connectivity index (χ2n) is 6.19. The smallest absolute Gasteiger partial charge is 0.335 e. The third kappa shape index (κ3) is 2.86. The van der Waals surface area contributed by atoms with Crippen LogP contribution in [0.4, 0.5) is 0 Å². The number of carbonyl (C=O) groups is 2. The van der Waals surface area contributed by atoms with Crippen LogP contribution in [0.5, 0.6) is 0 Å². The monoisotopic (exact) mass is 420 g/mol. The predicted molar refractivity (Wildman–Crippen MR) is 109 cm³/mol.